The number of amides is 5. The third kappa shape index (κ3) is 4.94. The quantitative estimate of drug-likeness (QED) is 0.475. The average molecular weight is 419 g/mol. The molecule has 1 aromatic rings. The Morgan fingerprint density at radius 3 is 2.34 bits per heavy atom. The van der Waals surface area contributed by atoms with E-state index in [1.165, 1.54) is 23.9 Å². The first-order chi connectivity index (χ1) is 13.9. The molecule has 1 saturated carbocycles. The zero-order chi connectivity index (χ0) is 21.0. The number of fused-ring (bicyclic) bond motifs is 1. The number of rotatable bonds is 8. The number of imide groups is 2. The molecule has 5 amide bonds. The van der Waals surface area contributed by atoms with Crippen LogP contribution in [0, 0.1) is 0 Å². The molecule has 1 aliphatic carbocycles. The maximum Gasteiger partial charge on any atom is 0.329 e. The first-order valence-corrected chi connectivity index (χ1v) is 10.5. The Hall–Kier alpha value is -2.88. The second-order valence-electron chi connectivity index (χ2n) is 6.73. The van der Waals surface area contributed by atoms with Gasteiger partial charge in [0.25, 0.3) is 17.7 Å². The second kappa shape index (κ2) is 9.08. The van der Waals surface area contributed by atoms with E-state index < -0.39 is 42.4 Å². The lowest BCUT2D eigenvalue weighted by Gasteiger charge is -2.24. The van der Waals surface area contributed by atoms with E-state index in [1.54, 1.807) is 12.1 Å². The summed E-state index contributed by atoms with van der Waals surface area (Å²) in [5, 5.41) is 4.65. The van der Waals surface area contributed by atoms with Crippen LogP contribution in [-0.4, -0.2) is 65.3 Å². The number of thioether (sulfide) groups is 1. The summed E-state index contributed by atoms with van der Waals surface area (Å²) >= 11 is 1.45. The lowest BCUT2D eigenvalue weighted by atomic mass is 10.1. The van der Waals surface area contributed by atoms with Gasteiger partial charge in [0.1, 0.15) is 6.04 Å². The molecule has 10 heteroatoms. The fourth-order valence-corrected chi connectivity index (χ4v) is 3.38. The van der Waals surface area contributed by atoms with Gasteiger partial charge in [0, 0.05) is 6.04 Å². The lowest BCUT2D eigenvalue weighted by molar-refractivity contribution is -0.152. The number of esters is 1. The van der Waals surface area contributed by atoms with Gasteiger partial charge in [-0.2, -0.15) is 11.8 Å². The first-order valence-electron chi connectivity index (χ1n) is 9.15. The van der Waals surface area contributed by atoms with Crippen molar-refractivity contribution in [1.82, 2.24) is 15.5 Å². The zero-order valence-corrected chi connectivity index (χ0v) is 16.6. The summed E-state index contributed by atoms with van der Waals surface area (Å²) in [7, 11) is 0. The highest BCUT2D eigenvalue weighted by Crippen LogP contribution is 2.26. The van der Waals surface area contributed by atoms with E-state index >= 15 is 0 Å². The molecule has 1 fully saturated rings. The summed E-state index contributed by atoms with van der Waals surface area (Å²) < 4.78 is 5.01. The molecule has 0 spiro atoms. The molecule has 1 heterocycles. The summed E-state index contributed by atoms with van der Waals surface area (Å²) in [4.78, 5) is 62.2. The highest BCUT2D eigenvalue weighted by atomic mass is 32.2. The van der Waals surface area contributed by atoms with Crippen molar-refractivity contribution in [1.29, 1.82) is 0 Å². The van der Waals surface area contributed by atoms with E-state index in [4.69, 9.17) is 4.74 Å². The van der Waals surface area contributed by atoms with Crippen molar-refractivity contribution in [3.05, 3.63) is 35.4 Å². The van der Waals surface area contributed by atoms with Crippen molar-refractivity contribution in [2.24, 2.45) is 0 Å². The second-order valence-corrected chi connectivity index (χ2v) is 7.71. The monoisotopic (exact) mass is 419 g/mol. The van der Waals surface area contributed by atoms with Gasteiger partial charge in [-0.15, -0.1) is 0 Å². The van der Waals surface area contributed by atoms with Crippen LogP contribution in [0.2, 0.25) is 0 Å². The predicted molar refractivity (Wildman–Crippen MR) is 104 cm³/mol. The SMILES string of the molecule is CSCC[C@H](C(=O)OCC(=O)NC(=O)NC1CC1)N1C(=O)c2ccccc2C1=O. The number of carbonyl (C=O) groups is 5. The Kier molecular flexibility index (Phi) is 6.53. The topological polar surface area (TPSA) is 122 Å². The molecule has 0 radical (unpaired) electrons. The third-order valence-electron chi connectivity index (χ3n) is 4.52. The molecule has 29 heavy (non-hydrogen) atoms. The molecule has 0 bridgehead atoms. The van der Waals surface area contributed by atoms with Gasteiger partial charge in [0.2, 0.25) is 0 Å². The Balaban J connectivity index is 1.63. The van der Waals surface area contributed by atoms with Gasteiger partial charge in [-0.3, -0.25) is 24.6 Å². The van der Waals surface area contributed by atoms with Crippen molar-refractivity contribution < 1.29 is 28.7 Å². The summed E-state index contributed by atoms with van der Waals surface area (Å²) in [5.74, 6) is -2.29. The molecule has 9 nitrogen and oxygen atoms in total. The number of benzene rings is 1. The minimum absolute atomic E-state index is 0.0788. The average Bonchev–Trinajstić information content (AvgIpc) is 3.48. The predicted octanol–water partition coefficient (Wildman–Crippen LogP) is 0.936. The normalized spacial score (nSPS) is 16.2. The van der Waals surface area contributed by atoms with E-state index in [0.717, 1.165) is 17.7 Å². The number of carbonyl (C=O) groups excluding carboxylic acids is 5. The van der Waals surface area contributed by atoms with E-state index in [1.807, 2.05) is 6.26 Å². The molecule has 1 atom stereocenters. The van der Waals surface area contributed by atoms with Gasteiger partial charge in [-0.25, -0.2) is 9.59 Å². The van der Waals surface area contributed by atoms with Crippen LogP contribution in [0.15, 0.2) is 24.3 Å². The van der Waals surface area contributed by atoms with Crippen molar-refractivity contribution in [2.75, 3.05) is 18.6 Å². The molecule has 0 unspecified atom stereocenters. The summed E-state index contributed by atoms with van der Waals surface area (Å²) in [6, 6.07) is 4.61. The van der Waals surface area contributed by atoms with Gasteiger partial charge in [0.05, 0.1) is 11.1 Å². The van der Waals surface area contributed by atoms with Crippen molar-refractivity contribution in [2.45, 2.75) is 31.3 Å². The van der Waals surface area contributed by atoms with Gasteiger partial charge in [-0.1, -0.05) is 12.1 Å². The van der Waals surface area contributed by atoms with E-state index in [0.29, 0.717) is 5.75 Å². The zero-order valence-electron chi connectivity index (χ0n) is 15.8. The number of urea groups is 1. The van der Waals surface area contributed by atoms with Crippen LogP contribution in [0.5, 0.6) is 0 Å². The maximum absolute atomic E-state index is 12.7. The third-order valence-corrected chi connectivity index (χ3v) is 5.16. The molecular formula is C19H21N3O6S. The minimum atomic E-state index is -1.15. The van der Waals surface area contributed by atoms with Gasteiger partial charge >= 0.3 is 12.0 Å². The fraction of sp³-hybridized carbons (Fsp3) is 0.421. The summed E-state index contributed by atoms with van der Waals surface area (Å²) in [6.45, 7) is -0.685. The van der Waals surface area contributed by atoms with Crippen LogP contribution < -0.4 is 10.6 Å². The lowest BCUT2D eigenvalue weighted by Crippen LogP contribution is -2.47. The van der Waals surface area contributed by atoms with Gasteiger partial charge in [0.15, 0.2) is 6.61 Å². The highest BCUT2D eigenvalue weighted by molar-refractivity contribution is 7.98. The van der Waals surface area contributed by atoms with Gasteiger partial charge in [-0.05, 0) is 43.4 Å². The van der Waals surface area contributed by atoms with Crippen molar-refractivity contribution in [3.8, 4) is 0 Å². The number of hydrogen-bond donors (Lipinski definition) is 2. The Bertz CT molecular complexity index is 819. The molecule has 2 aliphatic rings. The minimum Gasteiger partial charge on any atom is -0.454 e. The molecule has 2 N–H and O–H groups in total. The molecule has 154 valence electrons. The standard InChI is InChI=1S/C19H21N3O6S/c1-29-9-8-14(22-16(24)12-4-2-3-5-13(12)17(22)25)18(26)28-10-15(23)21-19(27)20-11-6-7-11/h2-5,11,14H,6-10H2,1H3,(H2,20,21,23,27)/t14-/m1/s1. The molecule has 3 rings (SSSR count). The fourth-order valence-electron chi connectivity index (χ4n) is 2.92. The van der Waals surface area contributed by atoms with E-state index in [-0.39, 0.29) is 23.6 Å². The molecular weight excluding hydrogens is 398 g/mol. The number of ether oxygens (including phenoxy) is 1. The molecule has 1 aromatic carbocycles. The first kappa shape index (κ1) is 20.8. The molecule has 0 aromatic heterocycles. The smallest absolute Gasteiger partial charge is 0.329 e. The molecule has 1 aliphatic heterocycles. The molecule has 0 saturated heterocycles. The Morgan fingerprint density at radius 2 is 1.79 bits per heavy atom. The number of hydrogen-bond acceptors (Lipinski definition) is 7. The van der Waals surface area contributed by atoms with Crippen LogP contribution in [0.4, 0.5) is 4.79 Å². The summed E-state index contributed by atoms with van der Waals surface area (Å²) in [5.41, 5.74) is 0.461. The Morgan fingerprint density at radius 1 is 1.17 bits per heavy atom. The van der Waals surface area contributed by atoms with E-state index in [9.17, 15) is 24.0 Å². The largest absolute Gasteiger partial charge is 0.454 e. The van der Waals surface area contributed by atoms with Crippen molar-refractivity contribution in [3.63, 3.8) is 0 Å². The Labute approximate surface area is 171 Å². The van der Waals surface area contributed by atoms with Crippen LogP contribution in [0.1, 0.15) is 40.0 Å². The van der Waals surface area contributed by atoms with Crippen LogP contribution in [0.3, 0.4) is 0 Å². The number of nitrogens with one attached hydrogen (secondary N) is 2. The maximum atomic E-state index is 12.7. The van der Waals surface area contributed by atoms with E-state index in [2.05, 4.69) is 10.6 Å². The summed E-state index contributed by atoms with van der Waals surface area (Å²) in [6.07, 6.45) is 3.76. The highest BCUT2D eigenvalue weighted by Gasteiger charge is 2.43. The number of nitrogens with zero attached hydrogens (tertiary/aromatic N) is 1. The van der Waals surface area contributed by atoms with Crippen LogP contribution in [0.25, 0.3) is 0 Å². The van der Waals surface area contributed by atoms with Crippen molar-refractivity contribution >= 4 is 41.5 Å². The van der Waals surface area contributed by atoms with Crippen LogP contribution in [-0.2, 0) is 14.3 Å². The van der Waals surface area contributed by atoms with Gasteiger partial charge < -0.3 is 10.1 Å². The van der Waals surface area contributed by atoms with Crippen LogP contribution >= 0.6 is 11.8 Å².